The fraction of sp³-hybridized carbons (Fsp3) is 0.389. The van der Waals surface area contributed by atoms with Crippen molar-refractivity contribution in [1.82, 2.24) is 4.90 Å². The van der Waals surface area contributed by atoms with Crippen LogP contribution >= 0.6 is 15.9 Å². The summed E-state index contributed by atoms with van der Waals surface area (Å²) in [7, 11) is 0. The van der Waals surface area contributed by atoms with Crippen molar-refractivity contribution in [3.8, 4) is 0 Å². The third-order valence-electron chi connectivity index (χ3n) is 4.36. The summed E-state index contributed by atoms with van der Waals surface area (Å²) in [6.45, 7) is -0.0604. The van der Waals surface area contributed by atoms with Crippen LogP contribution in [0.15, 0.2) is 34.9 Å². The number of ether oxygens (including phenoxy) is 1. The van der Waals surface area contributed by atoms with Gasteiger partial charge in [0.15, 0.2) is 6.61 Å². The van der Waals surface area contributed by atoms with E-state index in [4.69, 9.17) is 4.74 Å². The van der Waals surface area contributed by atoms with Gasteiger partial charge in [0.1, 0.15) is 0 Å². The van der Waals surface area contributed by atoms with Crippen molar-refractivity contribution >= 4 is 45.0 Å². The van der Waals surface area contributed by atoms with Crippen molar-refractivity contribution in [1.29, 1.82) is 0 Å². The maximum atomic E-state index is 12.2. The van der Waals surface area contributed by atoms with E-state index in [0.717, 1.165) is 6.20 Å². The van der Waals surface area contributed by atoms with Crippen LogP contribution in [0.25, 0.3) is 0 Å². The van der Waals surface area contributed by atoms with Gasteiger partial charge in [-0.25, -0.2) is 0 Å². The molecule has 168 valence electrons. The second-order valence-corrected chi connectivity index (χ2v) is 7.42. The number of nitro benzene ring substituents is 1. The highest BCUT2D eigenvalue weighted by Crippen LogP contribution is 2.27. The minimum atomic E-state index is -4.93. The molecule has 2 rings (SSSR count). The molecule has 0 bridgehead atoms. The number of benzene rings is 1. The monoisotopic (exact) mass is 507 g/mol. The van der Waals surface area contributed by atoms with E-state index < -0.39 is 41.3 Å². The van der Waals surface area contributed by atoms with Gasteiger partial charge < -0.3 is 15.0 Å². The lowest BCUT2D eigenvalue weighted by Gasteiger charge is -2.29. The van der Waals surface area contributed by atoms with Gasteiger partial charge in [0, 0.05) is 42.0 Å². The first-order chi connectivity index (χ1) is 14.5. The highest BCUT2D eigenvalue weighted by molar-refractivity contribution is 9.10. The molecule has 0 radical (unpaired) electrons. The standard InChI is InChI=1S/C18H17BrF3N3O6/c19-13-9-12(25(29)30)1-2-14(13)23-16(27)10-31-17(28)11-3-6-24(7-4-11)8-5-15(26)18(20,21)22/h1-2,5,8-9,11H,3-4,6-7,10H2,(H,23,27). The number of allylic oxidation sites excluding steroid dienone is 1. The number of hydrogen-bond donors (Lipinski definition) is 1. The minimum Gasteiger partial charge on any atom is -0.455 e. The van der Waals surface area contributed by atoms with E-state index in [1.807, 2.05) is 0 Å². The number of nitrogens with zero attached hydrogens (tertiary/aromatic N) is 2. The van der Waals surface area contributed by atoms with Gasteiger partial charge in [-0.15, -0.1) is 0 Å². The van der Waals surface area contributed by atoms with E-state index in [0.29, 0.717) is 18.9 Å². The van der Waals surface area contributed by atoms with Crippen LogP contribution in [0.4, 0.5) is 24.5 Å². The average Bonchev–Trinajstić information content (AvgIpc) is 2.71. The van der Waals surface area contributed by atoms with E-state index in [1.165, 1.54) is 23.1 Å². The minimum absolute atomic E-state index is 0.166. The molecule has 0 saturated carbocycles. The molecule has 1 N–H and O–H groups in total. The maximum Gasteiger partial charge on any atom is 0.454 e. The van der Waals surface area contributed by atoms with E-state index in [2.05, 4.69) is 21.2 Å². The van der Waals surface area contributed by atoms with Crippen LogP contribution in [0, 0.1) is 16.0 Å². The molecule has 0 unspecified atom stereocenters. The van der Waals surface area contributed by atoms with Crippen LogP contribution in [-0.2, 0) is 19.1 Å². The van der Waals surface area contributed by atoms with Gasteiger partial charge in [-0.05, 0) is 34.8 Å². The number of hydrogen-bond acceptors (Lipinski definition) is 7. The number of rotatable bonds is 7. The summed E-state index contributed by atoms with van der Waals surface area (Å²) in [6.07, 6.45) is -2.85. The van der Waals surface area contributed by atoms with Gasteiger partial charge in [-0.1, -0.05) is 0 Å². The SMILES string of the molecule is O=C(COC(=O)C1CCN(C=CC(=O)C(F)(F)F)CC1)Nc1ccc([N+](=O)[O-])cc1Br. The molecule has 1 amide bonds. The molecule has 31 heavy (non-hydrogen) atoms. The Morgan fingerprint density at radius 1 is 1.29 bits per heavy atom. The summed E-state index contributed by atoms with van der Waals surface area (Å²) in [5.74, 6) is -3.75. The van der Waals surface area contributed by atoms with E-state index in [-0.39, 0.29) is 28.9 Å². The molecule has 0 aliphatic carbocycles. The predicted octanol–water partition coefficient (Wildman–Crippen LogP) is 3.20. The fourth-order valence-corrected chi connectivity index (χ4v) is 3.18. The number of carbonyl (C=O) groups is 3. The number of likely N-dealkylation sites (tertiary alicyclic amines) is 1. The second-order valence-electron chi connectivity index (χ2n) is 6.57. The number of piperidine rings is 1. The van der Waals surface area contributed by atoms with Crippen LogP contribution in [0.1, 0.15) is 12.8 Å². The van der Waals surface area contributed by atoms with Gasteiger partial charge in [-0.3, -0.25) is 24.5 Å². The van der Waals surface area contributed by atoms with Gasteiger partial charge in [0.2, 0.25) is 0 Å². The first-order valence-electron chi connectivity index (χ1n) is 8.91. The van der Waals surface area contributed by atoms with Crippen molar-refractivity contribution in [3.63, 3.8) is 0 Å². The molecule has 1 fully saturated rings. The van der Waals surface area contributed by atoms with Crippen LogP contribution in [0.5, 0.6) is 0 Å². The Bertz CT molecular complexity index is 898. The summed E-state index contributed by atoms with van der Waals surface area (Å²) in [6, 6.07) is 3.75. The van der Waals surface area contributed by atoms with Crippen molar-refractivity contribution in [2.24, 2.45) is 5.92 Å². The molecule has 1 aliphatic rings. The Kier molecular flexibility index (Phi) is 8.14. The highest BCUT2D eigenvalue weighted by Gasteiger charge is 2.36. The summed E-state index contributed by atoms with van der Waals surface area (Å²) in [5.41, 5.74) is 0.0976. The molecular formula is C18H17BrF3N3O6. The lowest BCUT2D eigenvalue weighted by molar-refractivity contribution is -0.384. The molecule has 1 heterocycles. The fourth-order valence-electron chi connectivity index (χ4n) is 2.71. The Morgan fingerprint density at radius 2 is 1.94 bits per heavy atom. The van der Waals surface area contributed by atoms with Crippen LogP contribution in [0.2, 0.25) is 0 Å². The van der Waals surface area contributed by atoms with Crippen molar-refractivity contribution in [3.05, 3.63) is 45.1 Å². The zero-order valence-corrected chi connectivity index (χ0v) is 17.4. The molecule has 1 aromatic carbocycles. The Morgan fingerprint density at radius 3 is 2.48 bits per heavy atom. The largest absolute Gasteiger partial charge is 0.455 e. The Hall–Kier alpha value is -2.96. The van der Waals surface area contributed by atoms with E-state index in [9.17, 15) is 37.7 Å². The van der Waals surface area contributed by atoms with Crippen LogP contribution < -0.4 is 5.32 Å². The molecule has 13 heteroatoms. The highest BCUT2D eigenvalue weighted by atomic mass is 79.9. The number of carbonyl (C=O) groups excluding carboxylic acids is 3. The average molecular weight is 508 g/mol. The number of halogens is 4. The molecule has 9 nitrogen and oxygen atoms in total. The number of ketones is 1. The number of nitro groups is 1. The molecule has 1 saturated heterocycles. The molecular weight excluding hydrogens is 491 g/mol. The lowest BCUT2D eigenvalue weighted by Crippen LogP contribution is -2.35. The Labute approximate surface area is 182 Å². The third kappa shape index (κ3) is 7.35. The normalized spacial score (nSPS) is 15.0. The van der Waals surface area contributed by atoms with E-state index >= 15 is 0 Å². The number of esters is 1. The lowest BCUT2D eigenvalue weighted by atomic mass is 9.97. The topological polar surface area (TPSA) is 119 Å². The number of alkyl halides is 3. The summed E-state index contributed by atoms with van der Waals surface area (Å²) in [5, 5.41) is 13.2. The van der Waals surface area contributed by atoms with Crippen molar-refractivity contribution in [2.75, 3.05) is 25.0 Å². The zero-order chi connectivity index (χ0) is 23.2. The molecule has 1 aliphatic heterocycles. The first kappa shape index (κ1) is 24.3. The molecule has 1 aromatic rings. The molecule has 0 spiro atoms. The zero-order valence-electron chi connectivity index (χ0n) is 15.9. The summed E-state index contributed by atoms with van der Waals surface area (Å²) < 4.78 is 41.8. The van der Waals surface area contributed by atoms with Crippen LogP contribution in [-0.4, -0.2) is 53.4 Å². The van der Waals surface area contributed by atoms with Crippen LogP contribution in [0.3, 0.4) is 0 Å². The molecule has 0 atom stereocenters. The van der Waals surface area contributed by atoms with Gasteiger partial charge in [0.25, 0.3) is 17.4 Å². The third-order valence-corrected chi connectivity index (χ3v) is 5.02. The second kappa shape index (κ2) is 10.4. The van der Waals surface area contributed by atoms with E-state index in [1.54, 1.807) is 0 Å². The Balaban J connectivity index is 1.77. The van der Waals surface area contributed by atoms with Gasteiger partial charge in [-0.2, -0.15) is 13.2 Å². The number of non-ortho nitro benzene ring substituents is 1. The summed E-state index contributed by atoms with van der Waals surface area (Å²) >= 11 is 3.10. The first-order valence-corrected chi connectivity index (χ1v) is 9.70. The maximum absolute atomic E-state index is 12.2. The smallest absolute Gasteiger partial charge is 0.454 e. The summed E-state index contributed by atoms with van der Waals surface area (Å²) in [4.78, 5) is 46.5. The van der Waals surface area contributed by atoms with Crippen molar-refractivity contribution < 1.29 is 37.2 Å². The number of amides is 1. The van der Waals surface area contributed by atoms with Gasteiger partial charge in [0.05, 0.1) is 16.5 Å². The quantitative estimate of drug-likeness (QED) is 0.260. The predicted molar refractivity (Wildman–Crippen MR) is 105 cm³/mol. The molecule has 0 aromatic heterocycles. The van der Waals surface area contributed by atoms with Gasteiger partial charge >= 0.3 is 12.1 Å². The number of nitrogens with one attached hydrogen (secondary N) is 1. The number of anilines is 1. The van der Waals surface area contributed by atoms with Crippen molar-refractivity contribution in [2.45, 2.75) is 19.0 Å².